The molecule has 0 aliphatic carbocycles. The summed E-state index contributed by atoms with van der Waals surface area (Å²) in [5.41, 5.74) is 1.65. The second-order valence-corrected chi connectivity index (χ2v) is 4.87. The van der Waals surface area contributed by atoms with Crippen LogP contribution in [-0.4, -0.2) is 16.3 Å². The van der Waals surface area contributed by atoms with E-state index in [4.69, 9.17) is 11.6 Å². The summed E-state index contributed by atoms with van der Waals surface area (Å²) in [6.07, 6.45) is 2.89. The Bertz CT molecular complexity index is 691. The van der Waals surface area contributed by atoms with E-state index in [9.17, 15) is 8.78 Å². The second kappa shape index (κ2) is 5.25. The first-order valence-corrected chi connectivity index (χ1v) is 6.55. The van der Waals surface area contributed by atoms with Crippen LogP contribution in [0.3, 0.4) is 0 Å². The number of amidine groups is 1. The fourth-order valence-electron chi connectivity index (χ4n) is 2.39. The summed E-state index contributed by atoms with van der Waals surface area (Å²) in [5, 5.41) is 3.99. The molecule has 0 bridgehead atoms. The molecule has 3 rings (SSSR count). The average molecular weight is 296 g/mol. The number of aromatic nitrogens is 1. The highest BCUT2D eigenvalue weighted by Crippen LogP contribution is 2.31. The molecule has 2 heterocycles. The Labute approximate surface area is 119 Å². The van der Waals surface area contributed by atoms with E-state index in [2.05, 4.69) is 10.3 Å². The molecule has 3 nitrogen and oxygen atoms in total. The minimum atomic E-state index is -2.39. The Morgan fingerprint density at radius 2 is 2.15 bits per heavy atom. The van der Waals surface area contributed by atoms with E-state index in [1.165, 1.54) is 0 Å². The molecule has 0 amide bonds. The van der Waals surface area contributed by atoms with Crippen LogP contribution in [0.2, 0.25) is 0 Å². The zero-order valence-corrected chi connectivity index (χ0v) is 11.2. The number of halogens is 3. The quantitative estimate of drug-likeness (QED) is 0.860. The van der Waals surface area contributed by atoms with Gasteiger partial charge >= 0.3 is 0 Å². The van der Waals surface area contributed by atoms with Crippen LogP contribution in [0.15, 0.2) is 47.7 Å². The Kier molecular flexibility index (Phi) is 3.44. The maximum Gasteiger partial charge on any atom is 0.256 e. The molecular formula is C14H12ClF2N3. The van der Waals surface area contributed by atoms with E-state index < -0.39 is 6.43 Å². The van der Waals surface area contributed by atoms with Gasteiger partial charge in [-0.3, -0.25) is 0 Å². The van der Waals surface area contributed by atoms with Crippen molar-refractivity contribution in [2.24, 2.45) is 4.99 Å². The van der Waals surface area contributed by atoms with Gasteiger partial charge in [0.25, 0.3) is 6.43 Å². The zero-order chi connectivity index (χ0) is 14.1. The lowest BCUT2D eigenvalue weighted by Crippen LogP contribution is -2.16. The van der Waals surface area contributed by atoms with Crippen LogP contribution in [0.25, 0.3) is 10.9 Å². The van der Waals surface area contributed by atoms with Gasteiger partial charge in [0.15, 0.2) is 5.29 Å². The Morgan fingerprint density at radius 1 is 1.35 bits per heavy atom. The Hall–Kier alpha value is -1.88. The number of benzene rings is 1. The van der Waals surface area contributed by atoms with Gasteiger partial charge in [-0.1, -0.05) is 18.2 Å². The third kappa shape index (κ3) is 2.41. The lowest BCUT2D eigenvalue weighted by Gasteiger charge is -2.12. The molecule has 0 radical (unpaired) electrons. The van der Waals surface area contributed by atoms with Gasteiger partial charge in [-0.2, -0.15) is 0 Å². The summed E-state index contributed by atoms with van der Waals surface area (Å²) in [4.78, 5) is 4.28. The molecular weight excluding hydrogens is 284 g/mol. The van der Waals surface area contributed by atoms with Gasteiger partial charge in [0, 0.05) is 28.9 Å². The molecule has 1 atom stereocenters. The van der Waals surface area contributed by atoms with Crippen molar-refractivity contribution in [3.63, 3.8) is 0 Å². The molecule has 20 heavy (non-hydrogen) atoms. The van der Waals surface area contributed by atoms with Crippen molar-refractivity contribution >= 4 is 27.8 Å². The molecule has 1 N–H and O–H groups in total. The van der Waals surface area contributed by atoms with Crippen molar-refractivity contribution in [3.8, 4) is 0 Å². The van der Waals surface area contributed by atoms with Gasteiger partial charge in [0.1, 0.15) is 6.04 Å². The minimum Gasteiger partial charge on any atom is -0.341 e. The summed E-state index contributed by atoms with van der Waals surface area (Å²) in [6.45, 7) is -0.327. The number of hydrogen-bond acceptors (Lipinski definition) is 2. The van der Waals surface area contributed by atoms with Crippen LogP contribution in [0.1, 0.15) is 11.6 Å². The summed E-state index contributed by atoms with van der Waals surface area (Å²) in [6, 6.07) is 7.20. The largest absolute Gasteiger partial charge is 0.341 e. The van der Waals surface area contributed by atoms with Gasteiger partial charge in [0.2, 0.25) is 0 Å². The molecule has 6 heteroatoms. The summed E-state index contributed by atoms with van der Waals surface area (Å²) in [5.74, 6) is 0. The van der Waals surface area contributed by atoms with E-state index in [1.54, 1.807) is 17.0 Å². The highest BCUT2D eigenvalue weighted by Gasteiger charge is 2.18. The van der Waals surface area contributed by atoms with Crippen molar-refractivity contribution < 1.29 is 8.78 Å². The number of aliphatic imine (C=N–C) groups is 1. The molecule has 2 aromatic rings. The van der Waals surface area contributed by atoms with Crippen molar-refractivity contribution in [3.05, 3.63) is 48.3 Å². The first-order chi connectivity index (χ1) is 9.65. The standard InChI is InChI=1S/C14H12ClF2N3/c15-14-18-6-5-11(19-14)10-7-20(8-13(16)17)12-4-2-1-3-9(10)12/h1-7,11,13H,8H2,(H,18,19). The highest BCUT2D eigenvalue weighted by molar-refractivity contribution is 6.64. The van der Waals surface area contributed by atoms with Crippen LogP contribution in [0.5, 0.6) is 0 Å². The van der Waals surface area contributed by atoms with Crippen molar-refractivity contribution in [2.45, 2.75) is 19.0 Å². The Balaban J connectivity index is 2.11. The molecule has 104 valence electrons. The fraction of sp³-hybridized carbons (Fsp3) is 0.214. The average Bonchev–Trinajstić information content (AvgIpc) is 2.77. The van der Waals surface area contributed by atoms with E-state index in [0.29, 0.717) is 5.29 Å². The van der Waals surface area contributed by atoms with E-state index in [-0.39, 0.29) is 12.6 Å². The van der Waals surface area contributed by atoms with E-state index in [1.807, 2.05) is 30.3 Å². The first-order valence-electron chi connectivity index (χ1n) is 6.17. The highest BCUT2D eigenvalue weighted by atomic mass is 35.5. The molecule has 0 spiro atoms. The lowest BCUT2D eigenvalue weighted by molar-refractivity contribution is 0.128. The topological polar surface area (TPSA) is 29.3 Å². The van der Waals surface area contributed by atoms with Gasteiger partial charge in [0.05, 0.1) is 6.54 Å². The third-order valence-corrected chi connectivity index (χ3v) is 3.41. The number of hydrogen-bond donors (Lipinski definition) is 1. The molecule has 1 aliphatic rings. The monoisotopic (exact) mass is 295 g/mol. The fourth-order valence-corrected chi connectivity index (χ4v) is 2.56. The zero-order valence-electron chi connectivity index (χ0n) is 10.4. The predicted octanol–water partition coefficient (Wildman–Crippen LogP) is 3.66. The number of nitrogens with one attached hydrogen (secondary N) is 1. The van der Waals surface area contributed by atoms with Crippen molar-refractivity contribution in [1.82, 2.24) is 9.88 Å². The smallest absolute Gasteiger partial charge is 0.256 e. The SMILES string of the molecule is FC(F)Cn1cc(C2C=CNC(Cl)=N2)c2ccccc21. The second-order valence-electron chi connectivity index (χ2n) is 4.51. The summed E-state index contributed by atoms with van der Waals surface area (Å²) in [7, 11) is 0. The van der Waals surface area contributed by atoms with E-state index >= 15 is 0 Å². The number of para-hydroxylation sites is 1. The van der Waals surface area contributed by atoms with Crippen LogP contribution in [0.4, 0.5) is 8.78 Å². The van der Waals surface area contributed by atoms with Crippen LogP contribution in [0, 0.1) is 0 Å². The lowest BCUT2D eigenvalue weighted by atomic mass is 10.1. The van der Waals surface area contributed by atoms with Gasteiger partial charge in [-0.05, 0) is 23.7 Å². The molecule has 0 saturated heterocycles. The normalized spacial score (nSPS) is 18.4. The molecule has 1 unspecified atom stereocenters. The first kappa shape index (κ1) is 13.1. The van der Waals surface area contributed by atoms with Crippen LogP contribution >= 0.6 is 11.6 Å². The Morgan fingerprint density at radius 3 is 2.90 bits per heavy atom. The number of fused-ring (bicyclic) bond motifs is 1. The van der Waals surface area contributed by atoms with Gasteiger partial charge < -0.3 is 9.88 Å². The number of rotatable bonds is 3. The minimum absolute atomic E-state index is 0.257. The maximum atomic E-state index is 12.7. The molecule has 0 fully saturated rings. The molecule has 1 aromatic heterocycles. The molecule has 1 aromatic carbocycles. The summed E-state index contributed by atoms with van der Waals surface area (Å²) >= 11 is 5.86. The maximum absolute atomic E-state index is 12.7. The molecule has 1 aliphatic heterocycles. The van der Waals surface area contributed by atoms with Crippen LogP contribution < -0.4 is 5.32 Å². The summed E-state index contributed by atoms with van der Waals surface area (Å²) < 4.78 is 26.9. The van der Waals surface area contributed by atoms with Crippen molar-refractivity contribution in [2.75, 3.05) is 0 Å². The molecule has 0 saturated carbocycles. The number of nitrogens with zero attached hydrogens (tertiary/aromatic N) is 2. The van der Waals surface area contributed by atoms with Gasteiger partial charge in [-0.25, -0.2) is 13.8 Å². The van der Waals surface area contributed by atoms with Crippen molar-refractivity contribution in [1.29, 1.82) is 0 Å². The van der Waals surface area contributed by atoms with Crippen LogP contribution in [-0.2, 0) is 6.54 Å². The van der Waals surface area contributed by atoms with Gasteiger partial charge in [-0.15, -0.1) is 0 Å². The third-order valence-electron chi connectivity index (χ3n) is 3.21. The van der Waals surface area contributed by atoms with E-state index in [0.717, 1.165) is 16.5 Å². The number of alkyl halides is 2. The predicted molar refractivity (Wildman–Crippen MR) is 76.2 cm³/mol.